The highest BCUT2D eigenvalue weighted by Crippen LogP contribution is 2.17. The molecule has 0 aliphatic heterocycles. The van der Waals surface area contributed by atoms with Crippen LogP contribution in [0, 0.1) is 0 Å². The first-order valence-corrected chi connectivity index (χ1v) is 8.60. The summed E-state index contributed by atoms with van der Waals surface area (Å²) in [5, 5.41) is 10.2. The number of aromatic nitrogens is 3. The van der Waals surface area contributed by atoms with Gasteiger partial charge in [-0.05, 0) is 26.0 Å². The molecule has 1 aromatic carbocycles. The Morgan fingerprint density at radius 2 is 1.85 bits per heavy atom. The van der Waals surface area contributed by atoms with Crippen molar-refractivity contribution in [3.8, 4) is 0 Å². The molecule has 2 aromatic heterocycles. The number of hydrogen-bond acceptors (Lipinski definition) is 5. The third-order valence-corrected chi connectivity index (χ3v) is 4.28. The number of fused-ring (bicyclic) bond motifs is 1. The van der Waals surface area contributed by atoms with Crippen molar-refractivity contribution in [3.05, 3.63) is 64.2 Å². The summed E-state index contributed by atoms with van der Waals surface area (Å²) >= 11 is 0. The van der Waals surface area contributed by atoms with Gasteiger partial charge in [-0.25, -0.2) is 10.1 Å². The molecule has 3 aromatic rings. The zero-order valence-electron chi connectivity index (χ0n) is 14.8. The molecule has 0 atom stereocenters. The molecule has 0 saturated heterocycles. The zero-order valence-corrected chi connectivity index (χ0v) is 14.8. The number of amides is 1. The first-order valence-electron chi connectivity index (χ1n) is 8.60. The van der Waals surface area contributed by atoms with Crippen LogP contribution >= 0.6 is 0 Å². The minimum Gasteiger partial charge on any atom is -0.357 e. The highest BCUT2D eigenvalue weighted by atomic mass is 16.2. The highest BCUT2D eigenvalue weighted by Gasteiger charge is 2.15. The number of carbonyl (C=O) groups is 1. The molecule has 2 N–H and O–H groups in total. The predicted molar refractivity (Wildman–Crippen MR) is 101 cm³/mol. The summed E-state index contributed by atoms with van der Waals surface area (Å²) in [6.45, 7) is 6.13. The van der Waals surface area contributed by atoms with E-state index >= 15 is 0 Å². The highest BCUT2D eigenvalue weighted by molar-refractivity contribution is 6.04. The molecule has 3 rings (SSSR count). The van der Waals surface area contributed by atoms with E-state index < -0.39 is 0 Å². The number of nitrogens with one attached hydrogen (secondary N) is 2. The van der Waals surface area contributed by atoms with Crippen molar-refractivity contribution in [2.45, 2.75) is 20.4 Å². The molecule has 0 aliphatic rings. The van der Waals surface area contributed by atoms with Gasteiger partial charge in [-0.15, -0.1) is 0 Å². The lowest BCUT2D eigenvalue weighted by molar-refractivity contribution is 0.0947. The lowest BCUT2D eigenvalue weighted by Crippen LogP contribution is -2.29. The largest absolute Gasteiger partial charge is 0.357 e. The quantitative estimate of drug-likeness (QED) is 0.710. The van der Waals surface area contributed by atoms with E-state index in [1.165, 1.54) is 0 Å². The summed E-state index contributed by atoms with van der Waals surface area (Å²) in [4.78, 5) is 31.1. The first kappa shape index (κ1) is 17.6. The normalized spacial score (nSPS) is 10.7. The molecule has 0 unspecified atom stereocenters. The van der Waals surface area contributed by atoms with Crippen LogP contribution in [-0.2, 0) is 6.54 Å². The fourth-order valence-electron chi connectivity index (χ4n) is 2.92. The van der Waals surface area contributed by atoms with Gasteiger partial charge >= 0.3 is 0 Å². The lowest BCUT2D eigenvalue weighted by atomic mass is 10.1. The molecule has 0 bridgehead atoms. The van der Waals surface area contributed by atoms with Crippen molar-refractivity contribution >= 4 is 22.5 Å². The van der Waals surface area contributed by atoms with Crippen LogP contribution in [0.4, 0.5) is 5.82 Å². The number of pyridine rings is 1. The van der Waals surface area contributed by atoms with Gasteiger partial charge in [0.1, 0.15) is 5.82 Å². The van der Waals surface area contributed by atoms with E-state index in [0.29, 0.717) is 17.3 Å². The van der Waals surface area contributed by atoms with Crippen molar-refractivity contribution in [2.75, 3.05) is 18.0 Å². The maximum Gasteiger partial charge on any atom is 0.272 e. The van der Waals surface area contributed by atoms with Gasteiger partial charge in [-0.2, -0.15) is 5.10 Å². The van der Waals surface area contributed by atoms with Gasteiger partial charge in [0, 0.05) is 36.8 Å². The monoisotopic (exact) mass is 351 g/mol. The van der Waals surface area contributed by atoms with Gasteiger partial charge in [0.25, 0.3) is 11.5 Å². The lowest BCUT2D eigenvalue weighted by Gasteiger charge is -2.22. The molecule has 26 heavy (non-hydrogen) atoms. The van der Waals surface area contributed by atoms with Crippen molar-refractivity contribution < 1.29 is 4.79 Å². The Morgan fingerprint density at radius 3 is 2.58 bits per heavy atom. The Kier molecular flexibility index (Phi) is 5.26. The molecule has 7 heteroatoms. The predicted octanol–water partition coefficient (Wildman–Crippen LogP) is 2.09. The van der Waals surface area contributed by atoms with E-state index in [-0.39, 0.29) is 17.2 Å². The van der Waals surface area contributed by atoms with Gasteiger partial charge in [0.2, 0.25) is 0 Å². The fraction of sp³-hybridized carbons (Fsp3) is 0.263. The Labute approximate surface area is 151 Å². The average Bonchev–Trinajstić information content (AvgIpc) is 2.68. The Balaban J connectivity index is 1.85. The number of carbonyl (C=O) groups excluding carboxylic acids is 1. The molecule has 0 saturated carbocycles. The second-order valence-corrected chi connectivity index (χ2v) is 5.79. The Morgan fingerprint density at radius 1 is 1.12 bits per heavy atom. The number of rotatable bonds is 6. The topological polar surface area (TPSA) is 91.0 Å². The number of hydrogen-bond donors (Lipinski definition) is 2. The standard InChI is InChI=1S/C19H21N5O2/c1-3-24(4-2)17-13(8-7-11-20-17)12-21-19(26)16-14-9-5-6-10-15(14)18(25)23-22-16/h5-11H,3-4,12H2,1-2H3,(H,21,26)(H,23,25). The zero-order chi connectivity index (χ0) is 18.5. The minimum absolute atomic E-state index is 0.202. The average molecular weight is 351 g/mol. The third-order valence-electron chi connectivity index (χ3n) is 4.28. The van der Waals surface area contributed by atoms with Crippen LogP contribution < -0.4 is 15.8 Å². The summed E-state index contributed by atoms with van der Waals surface area (Å²) in [6.07, 6.45) is 1.75. The molecule has 1 amide bonds. The molecule has 0 aliphatic carbocycles. The van der Waals surface area contributed by atoms with E-state index in [0.717, 1.165) is 24.5 Å². The molecule has 0 fully saturated rings. The second kappa shape index (κ2) is 7.77. The van der Waals surface area contributed by atoms with Crippen LogP contribution in [0.2, 0.25) is 0 Å². The summed E-state index contributed by atoms with van der Waals surface area (Å²) < 4.78 is 0. The van der Waals surface area contributed by atoms with Crippen molar-refractivity contribution in [3.63, 3.8) is 0 Å². The van der Waals surface area contributed by atoms with Gasteiger partial charge < -0.3 is 10.2 Å². The molecule has 0 spiro atoms. The van der Waals surface area contributed by atoms with Gasteiger partial charge in [0.05, 0.1) is 5.39 Å². The number of benzene rings is 1. The van der Waals surface area contributed by atoms with Crippen LogP contribution in [0.15, 0.2) is 47.4 Å². The maximum atomic E-state index is 12.6. The van der Waals surface area contributed by atoms with Crippen molar-refractivity contribution in [1.82, 2.24) is 20.5 Å². The van der Waals surface area contributed by atoms with Crippen LogP contribution in [0.25, 0.3) is 10.8 Å². The summed E-state index contributed by atoms with van der Waals surface area (Å²) in [5.74, 6) is 0.517. The molecular weight excluding hydrogens is 330 g/mol. The fourth-order valence-corrected chi connectivity index (χ4v) is 2.92. The van der Waals surface area contributed by atoms with Crippen LogP contribution in [-0.4, -0.2) is 34.2 Å². The number of anilines is 1. The van der Waals surface area contributed by atoms with Crippen LogP contribution in [0.3, 0.4) is 0 Å². The third kappa shape index (κ3) is 3.42. The second-order valence-electron chi connectivity index (χ2n) is 5.79. The molecule has 134 valence electrons. The first-order chi connectivity index (χ1) is 12.7. The molecular formula is C19H21N5O2. The van der Waals surface area contributed by atoms with Crippen molar-refractivity contribution in [1.29, 1.82) is 0 Å². The number of aromatic amines is 1. The maximum absolute atomic E-state index is 12.6. The number of nitrogens with zero attached hydrogens (tertiary/aromatic N) is 3. The van der Waals surface area contributed by atoms with Crippen LogP contribution in [0.1, 0.15) is 29.9 Å². The van der Waals surface area contributed by atoms with E-state index in [1.54, 1.807) is 30.5 Å². The molecule has 7 nitrogen and oxygen atoms in total. The van der Waals surface area contributed by atoms with E-state index in [9.17, 15) is 9.59 Å². The summed E-state index contributed by atoms with van der Waals surface area (Å²) in [5.41, 5.74) is 0.819. The smallest absolute Gasteiger partial charge is 0.272 e. The van der Waals surface area contributed by atoms with E-state index in [4.69, 9.17) is 0 Å². The molecule has 2 heterocycles. The van der Waals surface area contributed by atoms with Crippen LogP contribution in [0.5, 0.6) is 0 Å². The van der Waals surface area contributed by atoms with E-state index in [2.05, 4.69) is 39.2 Å². The Bertz CT molecular complexity index is 979. The SMILES string of the molecule is CCN(CC)c1ncccc1CNC(=O)c1n[nH]c(=O)c2ccccc12. The van der Waals surface area contributed by atoms with Crippen molar-refractivity contribution in [2.24, 2.45) is 0 Å². The number of H-pyrrole nitrogens is 1. The van der Waals surface area contributed by atoms with Gasteiger partial charge in [-0.1, -0.05) is 24.3 Å². The Hall–Kier alpha value is -3.22. The van der Waals surface area contributed by atoms with E-state index in [1.807, 2.05) is 12.1 Å². The van der Waals surface area contributed by atoms with Gasteiger partial charge in [0.15, 0.2) is 5.69 Å². The summed E-state index contributed by atoms with van der Waals surface area (Å²) in [6, 6.07) is 10.7. The molecule has 0 radical (unpaired) electrons. The summed E-state index contributed by atoms with van der Waals surface area (Å²) in [7, 11) is 0. The van der Waals surface area contributed by atoms with Gasteiger partial charge in [-0.3, -0.25) is 9.59 Å². The minimum atomic E-state index is -0.341.